The fourth-order valence-corrected chi connectivity index (χ4v) is 1.14. The molecule has 0 radical (unpaired) electrons. The van der Waals surface area contributed by atoms with Crippen LogP contribution in [0.5, 0.6) is 0 Å². The average molecular weight is 250 g/mol. The molecule has 0 aromatic heterocycles. The molecule has 0 spiro atoms. The molecule has 1 rings (SSSR count). The third-order valence-corrected chi connectivity index (χ3v) is 1.98. The zero-order valence-corrected chi connectivity index (χ0v) is 8.43. The zero-order valence-electron chi connectivity index (χ0n) is 7.62. The first-order valence-corrected chi connectivity index (χ1v) is 4.29. The standard InChI is InChI=1S/C8H5F3N2O2S/c9-8(10,11)5-1-4(7(12)16)2-6(3-5)13(14)15/h1-3H,(H2,12,16). The van der Waals surface area contributed by atoms with E-state index in [1.165, 1.54) is 0 Å². The Morgan fingerprint density at radius 1 is 1.38 bits per heavy atom. The molecule has 0 heterocycles. The number of rotatable bonds is 2. The van der Waals surface area contributed by atoms with E-state index in [4.69, 9.17) is 5.73 Å². The number of nitrogens with zero attached hydrogens (tertiary/aromatic N) is 1. The van der Waals surface area contributed by atoms with Gasteiger partial charge < -0.3 is 5.73 Å². The topological polar surface area (TPSA) is 69.2 Å². The van der Waals surface area contributed by atoms with E-state index in [0.29, 0.717) is 12.1 Å². The summed E-state index contributed by atoms with van der Waals surface area (Å²) in [6, 6.07) is 2.01. The van der Waals surface area contributed by atoms with Crippen LogP contribution in [-0.4, -0.2) is 9.91 Å². The van der Waals surface area contributed by atoms with E-state index in [-0.39, 0.29) is 10.6 Å². The second-order valence-electron chi connectivity index (χ2n) is 2.89. The largest absolute Gasteiger partial charge is 0.416 e. The van der Waals surface area contributed by atoms with Gasteiger partial charge in [-0.1, -0.05) is 12.2 Å². The van der Waals surface area contributed by atoms with Crippen molar-refractivity contribution in [2.45, 2.75) is 6.18 Å². The molecule has 0 amide bonds. The molecule has 16 heavy (non-hydrogen) atoms. The fraction of sp³-hybridized carbons (Fsp3) is 0.125. The molecule has 0 fully saturated rings. The Bertz CT molecular complexity index is 427. The molecule has 86 valence electrons. The van der Waals surface area contributed by atoms with Gasteiger partial charge in [-0.15, -0.1) is 0 Å². The summed E-state index contributed by atoms with van der Waals surface area (Å²) in [5, 5.41) is 10.4. The number of alkyl halides is 3. The van der Waals surface area contributed by atoms with Crippen LogP contribution in [0.15, 0.2) is 18.2 Å². The smallest absolute Gasteiger partial charge is 0.389 e. The van der Waals surface area contributed by atoms with Gasteiger partial charge in [0.25, 0.3) is 5.69 Å². The van der Waals surface area contributed by atoms with Gasteiger partial charge in [0, 0.05) is 17.7 Å². The van der Waals surface area contributed by atoms with Gasteiger partial charge in [-0.3, -0.25) is 10.1 Å². The van der Waals surface area contributed by atoms with Crippen LogP contribution in [0.1, 0.15) is 11.1 Å². The molecule has 0 saturated carbocycles. The minimum atomic E-state index is -4.68. The van der Waals surface area contributed by atoms with Crippen molar-refractivity contribution in [2.75, 3.05) is 0 Å². The highest BCUT2D eigenvalue weighted by atomic mass is 32.1. The van der Waals surface area contributed by atoms with Crippen LogP contribution >= 0.6 is 12.2 Å². The molecule has 0 unspecified atom stereocenters. The first-order chi connectivity index (χ1) is 7.21. The molecular weight excluding hydrogens is 245 g/mol. The van der Waals surface area contributed by atoms with E-state index in [2.05, 4.69) is 12.2 Å². The third-order valence-electron chi connectivity index (χ3n) is 1.74. The normalized spacial score (nSPS) is 11.2. The lowest BCUT2D eigenvalue weighted by Crippen LogP contribution is -2.13. The number of benzene rings is 1. The van der Waals surface area contributed by atoms with Gasteiger partial charge in [0.1, 0.15) is 4.99 Å². The van der Waals surface area contributed by atoms with E-state index in [0.717, 1.165) is 6.07 Å². The van der Waals surface area contributed by atoms with E-state index in [1.54, 1.807) is 0 Å². The van der Waals surface area contributed by atoms with Crippen LogP contribution in [-0.2, 0) is 6.18 Å². The molecule has 1 aromatic rings. The first kappa shape index (κ1) is 12.4. The fourth-order valence-electron chi connectivity index (χ4n) is 1.02. The average Bonchev–Trinajstić information content (AvgIpc) is 2.15. The monoisotopic (exact) mass is 250 g/mol. The van der Waals surface area contributed by atoms with Crippen molar-refractivity contribution in [1.82, 2.24) is 0 Å². The van der Waals surface area contributed by atoms with Gasteiger partial charge in [-0.05, 0) is 6.07 Å². The lowest BCUT2D eigenvalue weighted by molar-refractivity contribution is -0.385. The molecule has 0 bridgehead atoms. The first-order valence-electron chi connectivity index (χ1n) is 3.88. The van der Waals surface area contributed by atoms with Crippen molar-refractivity contribution in [2.24, 2.45) is 5.73 Å². The van der Waals surface area contributed by atoms with Gasteiger partial charge in [-0.2, -0.15) is 13.2 Å². The van der Waals surface area contributed by atoms with Crippen LogP contribution in [0.3, 0.4) is 0 Å². The van der Waals surface area contributed by atoms with E-state index in [1.807, 2.05) is 0 Å². The quantitative estimate of drug-likeness (QED) is 0.496. The van der Waals surface area contributed by atoms with E-state index >= 15 is 0 Å². The lowest BCUT2D eigenvalue weighted by atomic mass is 10.1. The van der Waals surface area contributed by atoms with Gasteiger partial charge in [-0.25, -0.2) is 0 Å². The number of nitrogens with two attached hydrogens (primary N) is 1. The Balaban J connectivity index is 3.42. The summed E-state index contributed by atoms with van der Waals surface area (Å²) < 4.78 is 37.1. The maximum Gasteiger partial charge on any atom is 0.416 e. The molecule has 0 saturated heterocycles. The maximum absolute atomic E-state index is 12.4. The molecule has 8 heteroatoms. The zero-order chi connectivity index (χ0) is 12.5. The Kier molecular flexibility index (Phi) is 3.13. The second-order valence-corrected chi connectivity index (χ2v) is 3.33. The van der Waals surface area contributed by atoms with Gasteiger partial charge >= 0.3 is 6.18 Å². The number of halogens is 3. The highest BCUT2D eigenvalue weighted by Crippen LogP contribution is 2.32. The highest BCUT2D eigenvalue weighted by Gasteiger charge is 2.32. The van der Waals surface area contributed by atoms with Crippen molar-refractivity contribution in [3.05, 3.63) is 39.4 Å². The summed E-state index contributed by atoms with van der Waals surface area (Å²) in [5.74, 6) is 0. The number of hydrogen-bond acceptors (Lipinski definition) is 3. The SMILES string of the molecule is NC(=S)c1cc([N+](=O)[O-])cc(C(F)(F)F)c1. The Morgan fingerprint density at radius 3 is 2.31 bits per heavy atom. The number of nitro benzene ring substituents is 1. The summed E-state index contributed by atoms with van der Waals surface area (Å²) in [7, 11) is 0. The van der Waals surface area contributed by atoms with E-state index < -0.39 is 22.4 Å². The highest BCUT2D eigenvalue weighted by molar-refractivity contribution is 7.80. The Labute approximate surface area is 93.0 Å². The van der Waals surface area contributed by atoms with Crippen LogP contribution in [0.25, 0.3) is 0 Å². The molecule has 4 nitrogen and oxygen atoms in total. The van der Waals surface area contributed by atoms with Crippen molar-refractivity contribution in [1.29, 1.82) is 0 Å². The number of thiocarbonyl (C=S) groups is 1. The third kappa shape index (κ3) is 2.66. The van der Waals surface area contributed by atoms with Crippen LogP contribution < -0.4 is 5.73 Å². The number of non-ortho nitro benzene ring substituents is 1. The molecule has 0 aliphatic carbocycles. The minimum Gasteiger partial charge on any atom is -0.389 e. The Hall–Kier alpha value is -1.70. The molecule has 0 aliphatic heterocycles. The van der Waals surface area contributed by atoms with Crippen molar-refractivity contribution < 1.29 is 18.1 Å². The predicted octanol–water partition coefficient (Wildman–Crippen LogP) is 2.25. The number of nitro groups is 1. The van der Waals surface area contributed by atoms with Crippen molar-refractivity contribution in [3.63, 3.8) is 0 Å². The molecule has 2 N–H and O–H groups in total. The van der Waals surface area contributed by atoms with Crippen LogP contribution in [0.2, 0.25) is 0 Å². The van der Waals surface area contributed by atoms with Gasteiger partial charge in [0.05, 0.1) is 10.5 Å². The molecular formula is C8H5F3N2O2S. The summed E-state index contributed by atoms with van der Waals surface area (Å²) in [6.45, 7) is 0. The summed E-state index contributed by atoms with van der Waals surface area (Å²) in [6.07, 6.45) is -4.68. The van der Waals surface area contributed by atoms with Crippen molar-refractivity contribution >= 4 is 22.9 Å². The molecule has 1 aromatic carbocycles. The maximum atomic E-state index is 12.4. The molecule has 0 atom stereocenters. The Morgan fingerprint density at radius 2 is 1.94 bits per heavy atom. The van der Waals surface area contributed by atoms with Crippen molar-refractivity contribution in [3.8, 4) is 0 Å². The summed E-state index contributed by atoms with van der Waals surface area (Å²) >= 11 is 4.48. The van der Waals surface area contributed by atoms with Gasteiger partial charge in [0.15, 0.2) is 0 Å². The van der Waals surface area contributed by atoms with E-state index in [9.17, 15) is 23.3 Å². The second kappa shape index (κ2) is 4.05. The van der Waals surface area contributed by atoms with Crippen LogP contribution in [0, 0.1) is 10.1 Å². The predicted molar refractivity (Wildman–Crippen MR) is 54.0 cm³/mol. The lowest BCUT2D eigenvalue weighted by Gasteiger charge is -2.08. The van der Waals surface area contributed by atoms with Crippen LogP contribution in [0.4, 0.5) is 18.9 Å². The summed E-state index contributed by atoms with van der Waals surface area (Å²) in [5.41, 5.74) is 3.11. The molecule has 0 aliphatic rings. The summed E-state index contributed by atoms with van der Waals surface area (Å²) in [4.78, 5) is 9.15. The van der Waals surface area contributed by atoms with Gasteiger partial charge in [0.2, 0.25) is 0 Å². The minimum absolute atomic E-state index is 0.184. The number of hydrogen-bond donors (Lipinski definition) is 1.